The summed E-state index contributed by atoms with van der Waals surface area (Å²) in [5.41, 5.74) is 2.29. The Bertz CT molecular complexity index is 551. The fourth-order valence-electron chi connectivity index (χ4n) is 2.07. The van der Waals surface area contributed by atoms with Crippen molar-refractivity contribution >= 4 is 38.9 Å². The van der Waals surface area contributed by atoms with Gasteiger partial charge in [-0.3, -0.25) is 0 Å². The van der Waals surface area contributed by atoms with Gasteiger partial charge in [0.1, 0.15) is 0 Å². The smallest absolute Gasteiger partial charge is 0.0947 e. The fourth-order valence-corrected chi connectivity index (χ4v) is 3.78. The number of rotatable bonds is 6. The van der Waals surface area contributed by atoms with Crippen LogP contribution in [0.25, 0.3) is 0 Å². The van der Waals surface area contributed by atoms with Crippen molar-refractivity contribution in [2.75, 3.05) is 6.54 Å². The molecule has 0 saturated carbocycles. The number of nitrogens with one attached hydrogen (secondary N) is 1. The van der Waals surface area contributed by atoms with Crippen molar-refractivity contribution in [1.29, 1.82) is 0 Å². The highest BCUT2D eigenvalue weighted by Crippen LogP contribution is 2.27. The topological polar surface area (TPSA) is 24.9 Å². The zero-order chi connectivity index (χ0) is 14.5. The summed E-state index contributed by atoms with van der Waals surface area (Å²) in [6.45, 7) is 5.19. The molecule has 5 heteroatoms. The van der Waals surface area contributed by atoms with Gasteiger partial charge in [0.25, 0.3) is 0 Å². The summed E-state index contributed by atoms with van der Waals surface area (Å²) in [4.78, 5) is 4.56. The lowest BCUT2D eigenvalue weighted by atomic mass is 10.0. The molecular weight excluding hydrogens is 356 g/mol. The first-order valence-corrected chi connectivity index (χ1v) is 8.74. The quantitative estimate of drug-likeness (QED) is 0.757. The Kier molecular flexibility index (Phi) is 6.02. The highest BCUT2D eigenvalue weighted by atomic mass is 79.9. The maximum absolute atomic E-state index is 6.16. The number of aromatic nitrogens is 1. The molecule has 2 nitrogen and oxygen atoms in total. The van der Waals surface area contributed by atoms with Crippen LogP contribution in [0.4, 0.5) is 0 Å². The Morgan fingerprint density at radius 2 is 2.20 bits per heavy atom. The third-order valence-electron chi connectivity index (χ3n) is 2.97. The van der Waals surface area contributed by atoms with E-state index in [9.17, 15) is 0 Å². The van der Waals surface area contributed by atoms with Gasteiger partial charge in [0.2, 0.25) is 0 Å². The van der Waals surface area contributed by atoms with Crippen molar-refractivity contribution in [2.45, 2.75) is 32.7 Å². The lowest BCUT2D eigenvalue weighted by molar-refractivity contribution is 0.528. The second-order valence-electron chi connectivity index (χ2n) is 4.80. The molecule has 0 aliphatic rings. The molecule has 0 bridgehead atoms. The molecular formula is C15H18BrClN2S. The monoisotopic (exact) mass is 372 g/mol. The summed E-state index contributed by atoms with van der Waals surface area (Å²) in [5.74, 6) is 0. The summed E-state index contributed by atoms with van der Waals surface area (Å²) in [5, 5.41) is 7.60. The van der Waals surface area contributed by atoms with E-state index in [4.69, 9.17) is 11.6 Å². The maximum atomic E-state index is 6.16. The van der Waals surface area contributed by atoms with Gasteiger partial charge in [0, 0.05) is 33.0 Å². The van der Waals surface area contributed by atoms with Gasteiger partial charge in [-0.15, -0.1) is 11.3 Å². The number of hydrogen-bond donors (Lipinski definition) is 1. The summed E-state index contributed by atoms with van der Waals surface area (Å²) in [6, 6.07) is 6.31. The average Bonchev–Trinajstić information content (AvgIpc) is 2.79. The molecule has 0 radical (unpaired) electrons. The molecule has 0 aliphatic heterocycles. The highest BCUT2D eigenvalue weighted by Gasteiger charge is 2.14. The number of aryl methyl sites for hydroxylation is 1. The van der Waals surface area contributed by atoms with E-state index in [2.05, 4.69) is 44.6 Å². The maximum Gasteiger partial charge on any atom is 0.0947 e. The van der Waals surface area contributed by atoms with E-state index in [0.29, 0.717) is 0 Å². The molecule has 20 heavy (non-hydrogen) atoms. The number of thiazole rings is 1. The minimum Gasteiger partial charge on any atom is -0.310 e. The molecule has 1 aromatic carbocycles. The Balaban J connectivity index is 2.21. The molecule has 0 spiro atoms. The predicted octanol–water partition coefficient (Wildman–Crippen LogP) is 5.15. The fraction of sp³-hybridized carbons (Fsp3) is 0.400. The Labute approximate surface area is 137 Å². The van der Waals surface area contributed by atoms with Gasteiger partial charge in [0.15, 0.2) is 0 Å². The molecule has 108 valence electrons. The Morgan fingerprint density at radius 1 is 1.40 bits per heavy atom. The number of hydrogen-bond acceptors (Lipinski definition) is 3. The second-order valence-corrected chi connectivity index (χ2v) is 7.09. The van der Waals surface area contributed by atoms with Gasteiger partial charge in [-0.2, -0.15) is 0 Å². The van der Waals surface area contributed by atoms with Crippen LogP contribution >= 0.6 is 38.9 Å². The number of halogens is 2. The van der Waals surface area contributed by atoms with Crippen LogP contribution in [0.5, 0.6) is 0 Å². The van der Waals surface area contributed by atoms with Crippen molar-refractivity contribution in [2.24, 2.45) is 0 Å². The predicted molar refractivity (Wildman–Crippen MR) is 90.7 cm³/mol. The third kappa shape index (κ3) is 4.55. The van der Waals surface area contributed by atoms with E-state index in [1.807, 2.05) is 19.1 Å². The first-order chi connectivity index (χ1) is 9.58. The van der Waals surface area contributed by atoms with E-state index >= 15 is 0 Å². The highest BCUT2D eigenvalue weighted by molar-refractivity contribution is 9.10. The van der Waals surface area contributed by atoms with Crippen molar-refractivity contribution in [3.8, 4) is 0 Å². The van der Waals surface area contributed by atoms with Gasteiger partial charge in [-0.25, -0.2) is 4.98 Å². The lowest BCUT2D eigenvalue weighted by Crippen LogP contribution is -2.24. The van der Waals surface area contributed by atoms with Crippen LogP contribution in [-0.2, 0) is 6.42 Å². The molecule has 1 N–H and O–H groups in total. The minimum absolute atomic E-state index is 0.246. The van der Waals surface area contributed by atoms with Crippen molar-refractivity contribution in [3.05, 3.63) is 49.3 Å². The molecule has 2 rings (SSSR count). The molecule has 0 fully saturated rings. The average molecular weight is 374 g/mol. The molecule has 0 saturated heterocycles. The Morgan fingerprint density at radius 3 is 2.80 bits per heavy atom. The molecule has 0 aliphatic carbocycles. The van der Waals surface area contributed by atoms with Gasteiger partial charge in [-0.1, -0.05) is 34.5 Å². The van der Waals surface area contributed by atoms with E-state index in [1.165, 1.54) is 5.56 Å². The number of benzene rings is 1. The van der Waals surface area contributed by atoms with Crippen LogP contribution in [0.15, 0.2) is 28.1 Å². The van der Waals surface area contributed by atoms with Crippen LogP contribution in [0.1, 0.15) is 35.7 Å². The Hall–Kier alpha value is -0.420. The van der Waals surface area contributed by atoms with Gasteiger partial charge >= 0.3 is 0 Å². The molecule has 1 atom stereocenters. The van der Waals surface area contributed by atoms with Crippen LogP contribution in [0, 0.1) is 6.92 Å². The van der Waals surface area contributed by atoms with Crippen molar-refractivity contribution < 1.29 is 0 Å². The SMILES string of the molecule is CCCNC(Cc1nc(C)cs1)c1cc(Cl)cc(Br)c1. The zero-order valence-electron chi connectivity index (χ0n) is 11.6. The second kappa shape index (κ2) is 7.55. The molecule has 1 unspecified atom stereocenters. The summed E-state index contributed by atoms with van der Waals surface area (Å²) in [7, 11) is 0. The van der Waals surface area contributed by atoms with Gasteiger partial charge in [-0.05, 0) is 43.7 Å². The van der Waals surface area contributed by atoms with Crippen LogP contribution < -0.4 is 5.32 Å². The summed E-state index contributed by atoms with van der Waals surface area (Å²) in [6.07, 6.45) is 2.00. The normalized spacial score (nSPS) is 12.6. The van der Waals surface area contributed by atoms with Crippen LogP contribution in [0.2, 0.25) is 5.02 Å². The molecule has 1 aromatic heterocycles. The van der Waals surface area contributed by atoms with Crippen molar-refractivity contribution in [3.63, 3.8) is 0 Å². The van der Waals surface area contributed by atoms with E-state index in [-0.39, 0.29) is 6.04 Å². The first kappa shape index (κ1) is 16.0. The van der Waals surface area contributed by atoms with Crippen LogP contribution in [-0.4, -0.2) is 11.5 Å². The first-order valence-electron chi connectivity index (χ1n) is 6.69. The number of nitrogens with zero attached hydrogens (tertiary/aromatic N) is 1. The minimum atomic E-state index is 0.246. The summed E-state index contributed by atoms with van der Waals surface area (Å²) < 4.78 is 1.01. The standard InChI is InChI=1S/C15H18BrClN2S/c1-3-4-18-14(8-15-19-10(2)9-20-15)11-5-12(16)7-13(17)6-11/h5-7,9,14,18H,3-4,8H2,1-2H3. The van der Waals surface area contributed by atoms with Crippen LogP contribution in [0.3, 0.4) is 0 Å². The zero-order valence-corrected chi connectivity index (χ0v) is 14.8. The lowest BCUT2D eigenvalue weighted by Gasteiger charge is -2.18. The summed E-state index contributed by atoms with van der Waals surface area (Å²) >= 11 is 11.4. The third-order valence-corrected chi connectivity index (χ3v) is 4.64. The molecule has 1 heterocycles. The molecule has 0 amide bonds. The van der Waals surface area contributed by atoms with Gasteiger partial charge in [0.05, 0.1) is 5.01 Å². The van der Waals surface area contributed by atoms with Crippen molar-refractivity contribution in [1.82, 2.24) is 10.3 Å². The van der Waals surface area contributed by atoms with E-state index in [0.717, 1.165) is 39.6 Å². The molecule has 2 aromatic rings. The largest absolute Gasteiger partial charge is 0.310 e. The van der Waals surface area contributed by atoms with Gasteiger partial charge < -0.3 is 5.32 Å². The van der Waals surface area contributed by atoms with E-state index < -0.39 is 0 Å². The van der Waals surface area contributed by atoms with E-state index in [1.54, 1.807) is 11.3 Å².